The Labute approximate surface area is 213 Å². The lowest BCUT2D eigenvalue weighted by Crippen LogP contribution is -2.17. The van der Waals surface area contributed by atoms with Gasteiger partial charge in [0.25, 0.3) is 0 Å². The van der Waals surface area contributed by atoms with Crippen molar-refractivity contribution in [2.24, 2.45) is 0 Å². The highest BCUT2D eigenvalue weighted by Crippen LogP contribution is 2.46. The van der Waals surface area contributed by atoms with Crippen molar-refractivity contribution in [1.29, 1.82) is 0 Å². The zero-order valence-electron chi connectivity index (χ0n) is 20.9. The summed E-state index contributed by atoms with van der Waals surface area (Å²) in [6.45, 7) is 6.62. The van der Waals surface area contributed by atoms with Crippen LogP contribution in [0.25, 0.3) is 22.3 Å². The summed E-state index contributed by atoms with van der Waals surface area (Å²) in [5, 5.41) is 10.5. The Morgan fingerprint density at radius 2 is 1.22 bits per heavy atom. The van der Waals surface area contributed by atoms with Crippen molar-refractivity contribution >= 4 is 17.2 Å². The highest BCUT2D eigenvalue weighted by molar-refractivity contribution is 5.97. The van der Waals surface area contributed by atoms with E-state index in [9.17, 15) is 5.11 Å². The zero-order chi connectivity index (χ0) is 25.1. The van der Waals surface area contributed by atoms with E-state index in [1.165, 1.54) is 5.56 Å². The summed E-state index contributed by atoms with van der Waals surface area (Å²) in [6.07, 6.45) is 1.87. The van der Waals surface area contributed by atoms with Gasteiger partial charge in [0.1, 0.15) is 11.6 Å². The number of anilines is 3. The first-order chi connectivity index (χ1) is 17.4. The number of pyridine rings is 1. The molecule has 0 aliphatic heterocycles. The Morgan fingerprint density at radius 1 is 0.639 bits per heavy atom. The molecular formula is C33H30N2O. The van der Waals surface area contributed by atoms with Gasteiger partial charge in [0.05, 0.1) is 11.4 Å². The molecule has 0 amide bonds. The van der Waals surface area contributed by atoms with Crippen LogP contribution in [0, 0.1) is 0 Å². The molecule has 0 radical (unpaired) electrons. The Balaban J connectivity index is 1.86. The van der Waals surface area contributed by atoms with Crippen molar-refractivity contribution in [3.8, 4) is 28.0 Å². The SMILES string of the molecule is CC(C)(C)c1ccnc(N(c2cccc(O)c2)c2c(-c3ccccc3)cccc2-c2ccccc2)c1. The molecular weight excluding hydrogens is 440 g/mol. The molecule has 0 saturated carbocycles. The second-order valence-corrected chi connectivity index (χ2v) is 9.94. The van der Waals surface area contributed by atoms with Gasteiger partial charge in [-0.15, -0.1) is 0 Å². The first-order valence-corrected chi connectivity index (χ1v) is 12.2. The molecule has 1 N–H and O–H groups in total. The summed E-state index contributed by atoms with van der Waals surface area (Å²) in [4.78, 5) is 7.02. The summed E-state index contributed by atoms with van der Waals surface area (Å²) in [5.41, 5.74) is 7.41. The van der Waals surface area contributed by atoms with Crippen LogP contribution < -0.4 is 4.90 Å². The lowest BCUT2D eigenvalue weighted by molar-refractivity contribution is 0.475. The summed E-state index contributed by atoms with van der Waals surface area (Å²) in [5.74, 6) is 1.01. The molecule has 0 fully saturated rings. The lowest BCUT2D eigenvalue weighted by Gasteiger charge is -2.30. The number of phenolic OH excluding ortho intramolecular Hbond substituents is 1. The van der Waals surface area contributed by atoms with Gasteiger partial charge in [0, 0.05) is 23.4 Å². The van der Waals surface area contributed by atoms with Gasteiger partial charge in [-0.05, 0) is 46.4 Å². The fourth-order valence-corrected chi connectivity index (χ4v) is 4.50. The highest BCUT2D eigenvalue weighted by atomic mass is 16.3. The Bertz CT molecular complexity index is 1410. The number of benzene rings is 4. The first kappa shape index (κ1) is 23.4. The number of hydrogen-bond donors (Lipinski definition) is 1. The average Bonchev–Trinajstić information content (AvgIpc) is 2.90. The first-order valence-electron chi connectivity index (χ1n) is 12.2. The van der Waals surface area contributed by atoms with E-state index in [-0.39, 0.29) is 11.2 Å². The van der Waals surface area contributed by atoms with Crippen molar-refractivity contribution in [2.75, 3.05) is 4.90 Å². The summed E-state index contributed by atoms with van der Waals surface area (Å²) in [6, 6.07) is 38.9. The van der Waals surface area contributed by atoms with Crippen LogP contribution in [0.4, 0.5) is 17.2 Å². The molecule has 5 aromatic rings. The van der Waals surface area contributed by atoms with Crippen molar-refractivity contribution in [2.45, 2.75) is 26.2 Å². The third kappa shape index (κ3) is 4.73. The quantitative estimate of drug-likeness (QED) is 0.279. The molecule has 178 valence electrons. The summed E-state index contributed by atoms with van der Waals surface area (Å²) in [7, 11) is 0. The second-order valence-electron chi connectivity index (χ2n) is 9.94. The number of phenols is 1. The maximum atomic E-state index is 10.5. The van der Waals surface area contributed by atoms with Gasteiger partial charge in [0.2, 0.25) is 0 Å². The molecule has 4 aromatic carbocycles. The Hall–Kier alpha value is -4.37. The van der Waals surface area contributed by atoms with Crippen molar-refractivity contribution in [3.63, 3.8) is 0 Å². The summed E-state index contributed by atoms with van der Waals surface area (Å²) < 4.78 is 0. The fraction of sp³-hybridized carbons (Fsp3) is 0.121. The number of para-hydroxylation sites is 1. The largest absolute Gasteiger partial charge is 0.508 e. The molecule has 0 spiro atoms. The van der Waals surface area contributed by atoms with Gasteiger partial charge < -0.3 is 5.11 Å². The third-order valence-electron chi connectivity index (χ3n) is 6.36. The predicted octanol–water partition coefficient (Wildman–Crippen LogP) is 8.89. The molecule has 1 aromatic heterocycles. The molecule has 36 heavy (non-hydrogen) atoms. The van der Waals surface area contributed by atoms with Gasteiger partial charge in [-0.3, -0.25) is 4.90 Å². The van der Waals surface area contributed by atoms with Crippen LogP contribution in [0.15, 0.2) is 121 Å². The van der Waals surface area contributed by atoms with Crippen LogP contribution >= 0.6 is 0 Å². The minimum absolute atomic E-state index is 0.0383. The van der Waals surface area contributed by atoms with Crippen LogP contribution in [-0.4, -0.2) is 10.1 Å². The van der Waals surface area contributed by atoms with Crippen LogP contribution in [0.3, 0.4) is 0 Å². The molecule has 0 bridgehead atoms. The lowest BCUT2D eigenvalue weighted by atomic mass is 9.87. The third-order valence-corrected chi connectivity index (χ3v) is 6.36. The minimum Gasteiger partial charge on any atom is -0.508 e. The molecule has 0 atom stereocenters. The van der Waals surface area contributed by atoms with Gasteiger partial charge in [0.15, 0.2) is 0 Å². The molecule has 3 heteroatoms. The summed E-state index contributed by atoms with van der Waals surface area (Å²) >= 11 is 0. The molecule has 0 aliphatic rings. The molecule has 5 rings (SSSR count). The fourth-order valence-electron chi connectivity index (χ4n) is 4.50. The number of aromatic hydroxyl groups is 1. The van der Waals surface area contributed by atoms with Crippen LogP contribution in [0.2, 0.25) is 0 Å². The van der Waals surface area contributed by atoms with Gasteiger partial charge >= 0.3 is 0 Å². The standard InChI is InChI=1S/C33H30N2O/c1-33(2,3)26-20-21-34-31(22-26)35(27-16-10-17-28(36)23-27)32-29(24-12-6-4-7-13-24)18-11-19-30(32)25-14-8-5-9-15-25/h4-23,36H,1-3H3. The number of nitrogens with zero attached hydrogens (tertiary/aromatic N) is 2. The molecule has 3 nitrogen and oxygen atoms in total. The van der Waals surface area contributed by atoms with Gasteiger partial charge in [-0.2, -0.15) is 0 Å². The van der Waals surface area contributed by atoms with E-state index in [0.29, 0.717) is 0 Å². The smallest absolute Gasteiger partial charge is 0.137 e. The normalized spacial score (nSPS) is 11.3. The monoisotopic (exact) mass is 470 g/mol. The van der Waals surface area contributed by atoms with E-state index in [1.807, 2.05) is 30.5 Å². The Morgan fingerprint density at radius 3 is 1.78 bits per heavy atom. The van der Waals surface area contributed by atoms with Gasteiger partial charge in [-0.25, -0.2) is 4.98 Å². The van der Waals surface area contributed by atoms with Crippen molar-refractivity contribution in [1.82, 2.24) is 4.98 Å². The molecule has 1 heterocycles. The number of aromatic nitrogens is 1. The maximum absolute atomic E-state index is 10.5. The van der Waals surface area contributed by atoms with Crippen molar-refractivity contribution in [3.05, 3.63) is 127 Å². The van der Waals surface area contributed by atoms with E-state index in [4.69, 9.17) is 4.98 Å². The van der Waals surface area contributed by atoms with Crippen molar-refractivity contribution < 1.29 is 5.11 Å². The average molecular weight is 471 g/mol. The molecule has 0 saturated heterocycles. The van der Waals surface area contributed by atoms with Crippen LogP contribution in [0.5, 0.6) is 5.75 Å². The zero-order valence-corrected chi connectivity index (χ0v) is 20.9. The Kier molecular flexibility index (Phi) is 6.30. The van der Waals surface area contributed by atoms with Gasteiger partial charge in [-0.1, -0.05) is 106 Å². The maximum Gasteiger partial charge on any atom is 0.137 e. The molecule has 0 unspecified atom stereocenters. The molecule has 0 aliphatic carbocycles. The number of rotatable bonds is 5. The number of hydrogen-bond acceptors (Lipinski definition) is 3. The highest BCUT2D eigenvalue weighted by Gasteiger charge is 2.24. The second kappa shape index (κ2) is 9.71. The van der Waals surface area contributed by atoms with E-state index in [2.05, 4.69) is 105 Å². The topological polar surface area (TPSA) is 36.4 Å². The van der Waals surface area contributed by atoms with Crippen LogP contribution in [-0.2, 0) is 5.41 Å². The van der Waals surface area contributed by atoms with E-state index in [1.54, 1.807) is 12.1 Å². The van der Waals surface area contributed by atoms with E-state index >= 15 is 0 Å². The van der Waals surface area contributed by atoms with E-state index in [0.717, 1.165) is 39.4 Å². The van der Waals surface area contributed by atoms with Crippen LogP contribution in [0.1, 0.15) is 26.3 Å². The van der Waals surface area contributed by atoms with E-state index < -0.39 is 0 Å². The predicted molar refractivity (Wildman–Crippen MR) is 150 cm³/mol. The minimum atomic E-state index is -0.0383.